The quantitative estimate of drug-likeness (QED) is 0.735. The third-order valence-electron chi connectivity index (χ3n) is 3.81. The molecule has 0 atom stereocenters. The molecule has 0 aliphatic carbocycles. The van der Waals surface area contributed by atoms with E-state index in [1.54, 1.807) is 30.3 Å². The van der Waals surface area contributed by atoms with E-state index in [9.17, 15) is 8.42 Å². The zero-order valence-electron chi connectivity index (χ0n) is 13.2. The van der Waals surface area contributed by atoms with Crippen molar-refractivity contribution in [3.63, 3.8) is 0 Å². The Morgan fingerprint density at radius 2 is 1.87 bits per heavy atom. The van der Waals surface area contributed by atoms with Crippen LogP contribution in [0.5, 0.6) is 5.75 Å². The second-order valence-electron chi connectivity index (χ2n) is 5.60. The molecule has 1 heterocycles. The van der Waals surface area contributed by atoms with Gasteiger partial charge in [-0.05, 0) is 35.7 Å². The van der Waals surface area contributed by atoms with Gasteiger partial charge in [-0.3, -0.25) is 0 Å². The number of imidazole rings is 1. The summed E-state index contributed by atoms with van der Waals surface area (Å²) in [6.07, 6.45) is 1.33. The summed E-state index contributed by atoms with van der Waals surface area (Å²) in [7, 11) is -2.32. The van der Waals surface area contributed by atoms with Gasteiger partial charge < -0.3 is 4.74 Å². The molecule has 0 spiro atoms. The van der Waals surface area contributed by atoms with Gasteiger partial charge in [-0.1, -0.05) is 32.0 Å². The molecule has 0 unspecified atom stereocenters. The first-order chi connectivity index (χ1) is 10.9. The first-order valence-electron chi connectivity index (χ1n) is 7.30. The summed E-state index contributed by atoms with van der Waals surface area (Å²) in [6, 6.07) is 12.4. The molecule has 0 N–H and O–H groups in total. The number of para-hydroxylation sites is 2. The van der Waals surface area contributed by atoms with Crippen molar-refractivity contribution in [1.82, 2.24) is 8.96 Å². The molecule has 0 bridgehead atoms. The van der Waals surface area contributed by atoms with Gasteiger partial charge in [-0.15, -0.1) is 0 Å². The molecule has 0 aliphatic heterocycles. The lowest BCUT2D eigenvalue weighted by molar-refractivity contribution is 0.402. The number of hydrogen-bond donors (Lipinski definition) is 0. The average Bonchev–Trinajstić information content (AvgIpc) is 2.99. The maximum absolute atomic E-state index is 13.1. The molecule has 5 nitrogen and oxygen atoms in total. The molecule has 23 heavy (non-hydrogen) atoms. The summed E-state index contributed by atoms with van der Waals surface area (Å²) in [5, 5.41) is 0. The molecule has 0 amide bonds. The van der Waals surface area contributed by atoms with Gasteiger partial charge in [0, 0.05) is 0 Å². The number of ether oxygens (including phenoxy) is 1. The Hall–Kier alpha value is -2.34. The standard InChI is InChI=1S/C17H18N2O3S/c1-12(2)13-8-9-16(22-3)17(10-13)23(20,21)19-11-18-14-6-4-5-7-15(14)19/h4-12H,1-3H3. The molecular weight excluding hydrogens is 312 g/mol. The highest BCUT2D eigenvalue weighted by atomic mass is 32.2. The lowest BCUT2D eigenvalue weighted by Crippen LogP contribution is -2.13. The van der Waals surface area contributed by atoms with Crippen molar-refractivity contribution in [3.8, 4) is 5.75 Å². The molecule has 2 aromatic carbocycles. The highest BCUT2D eigenvalue weighted by Crippen LogP contribution is 2.30. The molecule has 6 heteroatoms. The molecule has 3 rings (SSSR count). The van der Waals surface area contributed by atoms with E-state index in [-0.39, 0.29) is 10.8 Å². The smallest absolute Gasteiger partial charge is 0.273 e. The number of fused-ring (bicyclic) bond motifs is 1. The number of methoxy groups -OCH3 is 1. The minimum Gasteiger partial charge on any atom is -0.495 e. The zero-order chi connectivity index (χ0) is 16.6. The van der Waals surface area contributed by atoms with Crippen LogP contribution in [0.2, 0.25) is 0 Å². The highest BCUT2D eigenvalue weighted by Gasteiger charge is 2.24. The topological polar surface area (TPSA) is 61.2 Å². The van der Waals surface area contributed by atoms with E-state index in [4.69, 9.17) is 4.74 Å². The van der Waals surface area contributed by atoms with Crippen LogP contribution < -0.4 is 4.74 Å². The maximum atomic E-state index is 13.1. The third kappa shape index (κ3) is 2.59. The van der Waals surface area contributed by atoms with E-state index in [1.165, 1.54) is 17.4 Å². The van der Waals surface area contributed by atoms with Crippen LogP contribution >= 0.6 is 0 Å². The Morgan fingerprint density at radius 3 is 2.57 bits per heavy atom. The molecule has 0 radical (unpaired) electrons. The van der Waals surface area contributed by atoms with Crippen LogP contribution in [0, 0.1) is 0 Å². The van der Waals surface area contributed by atoms with E-state index in [0.29, 0.717) is 16.8 Å². The number of benzene rings is 2. The van der Waals surface area contributed by atoms with Crippen LogP contribution in [0.4, 0.5) is 0 Å². The number of nitrogens with zero attached hydrogens (tertiary/aromatic N) is 2. The number of hydrogen-bond acceptors (Lipinski definition) is 4. The fourth-order valence-electron chi connectivity index (χ4n) is 2.49. The lowest BCUT2D eigenvalue weighted by atomic mass is 10.0. The molecule has 1 aromatic heterocycles. The van der Waals surface area contributed by atoms with E-state index < -0.39 is 10.0 Å². The first-order valence-corrected chi connectivity index (χ1v) is 8.74. The van der Waals surface area contributed by atoms with Crippen molar-refractivity contribution < 1.29 is 13.2 Å². The minimum absolute atomic E-state index is 0.148. The van der Waals surface area contributed by atoms with Crippen LogP contribution in [-0.4, -0.2) is 24.5 Å². The molecule has 0 aliphatic rings. The van der Waals surface area contributed by atoms with Crippen LogP contribution in [0.25, 0.3) is 11.0 Å². The summed E-state index contributed by atoms with van der Waals surface area (Å²) in [5.74, 6) is 0.543. The maximum Gasteiger partial charge on any atom is 0.273 e. The Kier molecular flexibility index (Phi) is 3.85. The molecule has 3 aromatic rings. The summed E-state index contributed by atoms with van der Waals surface area (Å²) in [5.41, 5.74) is 2.12. The normalized spacial score (nSPS) is 12.0. The van der Waals surface area contributed by atoms with Crippen molar-refractivity contribution >= 4 is 21.1 Å². The second-order valence-corrected chi connectivity index (χ2v) is 7.38. The fraction of sp³-hybridized carbons (Fsp3) is 0.235. The van der Waals surface area contributed by atoms with Crippen molar-refractivity contribution in [2.45, 2.75) is 24.7 Å². The molecule has 0 fully saturated rings. The molecule has 0 saturated heterocycles. The monoisotopic (exact) mass is 330 g/mol. The second kappa shape index (κ2) is 5.70. The molecule has 120 valence electrons. The third-order valence-corrected chi connectivity index (χ3v) is 5.50. The van der Waals surface area contributed by atoms with Crippen molar-refractivity contribution in [2.24, 2.45) is 0 Å². The molecular formula is C17H18N2O3S. The van der Waals surface area contributed by atoms with Gasteiger partial charge in [0.25, 0.3) is 10.0 Å². The fourth-order valence-corrected chi connectivity index (χ4v) is 3.98. The highest BCUT2D eigenvalue weighted by molar-refractivity contribution is 7.90. The van der Waals surface area contributed by atoms with E-state index in [0.717, 1.165) is 5.56 Å². The van der Waals surface area contributed by atoms with Crippen molar-refractivity contribution in [1.29, 1.82) is 0 Å². The molecule has 0 saturated carbocycles. The van der Waals surface area contributed by atoms with Gasteiger partial charge in [0.1, 0.15) is 17.0 Å². The van der Waals surface area contributed by atoms with E-state index in [2.05, 4.69) is 4.98 Å². The van der Waals surface area contributed by atoms with Gasteiger partial charge in [0.2, 0.25) is 0 Å². The van der Waals surface area contributed by atoms with Crippen LogP contribution in [0.15, 0.2) is 53.7 Å². The summed E-state index contributed by atoms with van der Waals surface area (Å²) in [4.78, 5) is 4.31. The Morgan fingerprint density at radius 1 is 1.13 bits per heavy atom. The van der Waals surface area contributed by atoms with E-state index in [1.807, 2.05) is 26.0 Å². The predicted molar refractivity (Wildman–Crippen MR) is 89.4 cm³/mol. The van der Waals surface area contributed by atoms with Gasteiger partial charge in [-0.2, -0.15) is 0 Å². The van der Waals surface area contributed by atoms with Gasteiger partial charge in [0.15, 0.2) is 0 Å². The van der Waals surface area contributed by atoms with Crippen LogP contribution in [0.1, 0.15) is 25.3 Å². The summed E-state index contributed by atoms with van der Waals surface area (Å²) >= 11 is 0. The van der Waals surface area contributed by atoms with Crippen molar-refractivity contribution in [3.05, 3.63) is 54.4 Å². The summed E-state index contributed by atoms with van der Waals surface area (Å²) in [6.45, 7) is 4.04. The van der Waals surface area contributed by atoms with Gasteiger partial charge in [-0.25, -0.2) is 17.4 Å². The average molecular weight is 330 g/mol. The summed E-state index contributed by atoms with van der Waals surface area (Å²) < 4.78 is 32.7. The predicted octanol–water partition coefficient (Wildman–Crippen LogP) is 3.41. The number of aromatic nitrogens is 2. The Bertz CT molecular complexity index is 959. The Balaban J connectivity index is 2.25. The first kappa shape index (κ1) is 15.6. The Labute approximate surface area is 135 Å². The lowest BCUT2D eigenvalue weighted by Gasteiger charge is -2.14. The number of rotatable bonds is 4. The van der Waals surface area contributed by atoms with Gasteiger partial charge >= 0.3 is 0 Å². The van der Waals surface area contributed by atoms with Gasteiger partial charge in [0.05, 0.1) is 18.1 Å². The SMILES string of the molecule is COc1ccc(C(C)C)cc1S(=O)(=O)n1cnc2ccccc21. The zero-order valence-corrected chi connectivity index (χ0v) is 14.0. The van der Waals surface area contributed by atoms with E-state index >= 15 is 0 Å². The minimum atomic E-state index is -3.79. The van der Waals surface area contributed by atoms with Crippen LogP contribution in [0.3, 0.4) is 0 Å². The largest absolute Gasteiger partial charge is 0.495 e. The van der Waals surface area contributed by atoms with Crippen molar-refractivity contribution in [2.75, 3.05) is 7.11 Å². The van der Waals surface area contributed by atoms with Crippen LogP contribution in [-0.2, 0) is 10.0 Å².